The zero-order chi connectivity index (χ0) is 25.4. The molecule has 2 aliphatic rings. The number of aliphatic hydroxyl groups excluding tert-OH is 4. The summed E-state index contributed by atoms with van der Waals surface area (Å²) in [6.07, 6.45) is -3.13. The van der Waals surface area contributed by atoms with E-state index >= 15 is 0 Å². The van der Waals surface area contributed by atoms with Gasteiger partial charge in [0.15, 0.2) is 11.9 Å². The van der Waals surface area contributed by atoms with E-state index in [1.165, 1.54) is 13.2 Å². The average molecular weight is 485 g/mol. The molecule has 3 rings (SSSR count). The van der Waals surface area contributed by atoms with Gasteiger partial charge in [0.25, 0.3) is 0 Å². The molecule has 8 atom stereocenters. The van der Waals surface area contributed by atoms with Gasteiger partial charge in [-0.1, -0.05) is 34.1 Å². The molecule has 194 valence electrons. The van der Waals surface area contributed by atoms with Gasteiger partial charge in [0.05, 0.1) is 42.7 Å². The van der Waals surface area contributed by atoms with Crippen molar-refractivity contribution in [1.29, 1.82) is 0 Å². The maximum Gasteiger partial charge on any atom is 0.189 e. The number of phenols is 2. The molecule has 0 saturated carbocycles. The normalized spacial score (nSPS) is 31.6. The summed E-state index contributed by atoms with van der Waals surface area (Å²) in [7, 11) is 1.50. The molecule has 2 fully saturated rings. The van der Waals surface area contributed by atoms with Crippen molar-refractivity contribution in [2.45, 2.75) is 102 Å². The van der Waals surface area contributed by atoms with Gasteiger partial charge in [0.1, 0.15) is 11.5 Å². The van der Waals surface area contributed by atoms with E-state index in [4.69, 9.17) is 14.2 Å². The van der Waals surface area contributed by atoms with Crippen LogP contribution in [0.15, 0.2) is 6.07 Å². The van der Waals surface area contributed by atoms with Gasteiger partial charge in [-0.2, -0.15) is 0 Å². The predicted molar refractivity (Wildman–Crippen MR) is 123 cm³/mol. The predicted octanol–water partition coefficient (Wildman–Crippen LogP) is 2.40. The van der Waals surface area contributed by atoms with Gasteiger partial charge in [0, 0.05) is 30.6 Å². The topological polar surface area (TPSA) is 152 Å². The third kappa shape index (κ3) is 4.55. The number of hydrogen-bond donors (Lipinski definition) is 6. The molecule has 1 aromatic rings. The minimum absolute atomic E-state index is 0.0309. The Labute approximate surface area is 200 Å². The molecule has 6 N–H and O–H groups in total. The van der Waals surface area contributed by atoms with Crippen LogP contribution < -0.4 is 0 Å². The Morgan fingerprint density at radius 1 is 1.15 bits per heavy atom. The number of methoxy groups -OCH3 is 1. The lowest BCUT2D eigenvalue weighted by Crippen LogP contribution is -2.54. The maximum absolute atomic E-state index is 11.5. The van der Waals surface area contributed by atoms with Gasteiger partial charge >= 0.3 is 0 Å². The third-order valence-corrected chi connectivity index (χ3v) is 7.41. The maximum atomic E-state index is 11.5. The molecule has 0 radical (unpaired) electrons. The van der Waals surface area contributed by atoms with Crippen LogP contribution in [0.3, 0.4) is 0 Å². The summed E-state index contributed by atoms with van der Waals surface area (Å²) in [5.74, 6) is -1.29. The second kappa shape index (κ2) is 10.7. The van der Waals surface area contributed by atoms with Crippen LogP contribution in [0, 0.1) is 11.8 Å². The van der Waals surface area contributed by atoms with Crippen LogP contribution >= 0.6 is 0 Å². The van der Waals surface area contributed by atoms with E-state index in [0.717, 1.165) is 0 Å². The van der Waals surface area contributed by atoms with Gasteiger partial charge < -0.3 is 44.8 Å². The van der Waals surface area contributed by atoms with Crippen molar-refractivity contribution in [2.75, 3.05) is 7.11 Å². The van der Waals surface area contributed by atoms with E-state index in [2.05, 4.69) is 0 Å². The molecule has 1 aromatic carbocycles. The number of aromatic hydroxyl groups is 2. The lowest BCUT2D eigenvalue weighted by atomic mass is 9.79. The van der Waals surface area contributed by atoms with Crippen molar-refractivity contribution in [3.8, 4) is 11.5 Å². The molecule has 0 aromatic heterocycles. The number of epoxide rings is 1. The monoisotopic (exact) mass is 484 g/mol. The summed E-state index contributed by atoms with van der Waals surface area (Å²) in [4.78, 5) is 0. The highest BCUT2D eigenvalue weighted by molar-refractivity contribution is 5.55. The molecule has 9 heteroatoms. The number of hydrogen-bond acceptors (Lipinski definition) is 9. The fourth-order valence-corrected chi connectivity index (χ4v) is 5.52. The number of rotatable bonds is 10. The van der Waals surface area contributed by atoms with Gasteiger partial charge in [-0.25, -0.2) is 0 Å². The highest BCUT2D eigenvalue weighted by atomic mass is 16.7. The van der Waals surface area contributed by atoms with Crippen LogP contribution in [-0.4, -0.2) is 68.0 Å². The standard InChI is InChI=1S/C25H40O9/c1-6-8-13(17-10-18(27)25(24(31)33-17)19(7-2)34-25)20(28)14-9-15(23(32-5)12(3)4)22(30)16(11-26)21(14)29/h9,12-13,17-20,23-24,26-31H,6-8,10-11H2,1-5H3. The molecule has 2 heterocycles. The average Bonchev–Trinajstić information content (AvgIpc) is 3.53. The van der Waals surface area contributed by atoms with Crippen molar-refractivity contribution in [2.24, 2.45) is 11.8 Å². The van der Waals surface area contributed by atoms with E-state index in [1.807, 2.05) is 27.7 Å². The van der Waals surface area contributed by atoms with E-state index < -0.39 is 54.6 Å². The quantitative estimate of drug-likeness (QED) is 0.275. The Morgan fingerprint density at radius 2 is 1.79 bits per heavy atom. The molecule has 0 aliphatic carbocycles. The molecule has 8 unspecified atom stereocenters. The summed E-state index contributed by atoms with van der Waals surface area (Å²) >= 11 is 0. The summed E-state index contributed by atoms with van der Waals surface area (Å²) in [5, 5.41) is 64.4. The zero-order valence-electron chi connectivity index (χ0n) is 20.6. The molecular formula is C25H40O9. The van der Waals surface area contributed by atoms with Crippen LogP contribution in [0.25, 0.3) is 0 Å². The lowest BCUT2D eigenvalue weighted by Gasteiger charge is -2.41. The first-order valence-corrected chi connectivity index (χ1v) is 12.2. The summed E-state index contributed by atoms with van der Waals surface area (Å²) in [5.41, 5.74) is -0.747. The third-order valence-electron chi connectivity index (χ3n) is 7.41. The molecule has 0 bridgehead atoms. The first-order chi connectivity index (χ1) is 16.1. The van der Waals surface area contributed by atoms with Crippen molar-refractivity contribution < 1.29 is 44.8 Å². The van der Waals surface area contributed by atoms with E-state index in [-0.39, 0.29) is 35.3 Å². The highest BCUT2D eigenvalue weighted by Gasteiger charge is 2.68. The molecule has 1 spiro atoms. The Morgan fingerprint density at radius 3 is 2.26 bits per heavy atom. The Bertz CT molecular complexity index is 830. The largest absolute Gasteiger partial charge is 0.507 e. The smallest absolute Gasteiger partial charge is 0.189 e. The van der Waals surface area contributed by atoms with Gasteiger partial charge in [-0.05, 0) is 24.8 Å². The Kier molecular flexibility index (Phi) is 8.50. The second-order valence-corrected chi connectivity index (χ2v) is 9.83. The van der Waals surface area contributed by atoms with Crippen LogP contribution in [-0.2, 0) is 20.8 Å². The van der Waals surface area contributed by atoms with Gasteiger partial charge in [0.2, 0.25) is 0 Å². The van der Waals surface area contributed by atoms with E-state index in [0.29, 0.717) is 24.8 Å². The van der Waals surface area contributed by atoms with Gasteiger partial charge in [-0.3, -0.25) is 0 Å². The Balaban J connectivity index is 1.98. The molecule has 2 saturated heterocycles. The SMILES string of the molecule is CCCC(C1CC(O)C2(OC2CC)C(O)O1)C(O)c1cc(C(OC)C(C)C)c(O)c(CO)c1O. The summed E-state index contributed by atoms with van der Waals surface area (Å²) in [6, 6.07) is 1.50. The molecular weight excluding hydrogens is 444 g/mol. The van der Waals surface area contributed by atoms with E-state index in [1.54, 1.807) is 0 Å². The van der Waals surface area contributed by atoms with Crippen LogP contribution in [0.4, 0.5) is 0 Å². The number of aliphatic hydroxyl groups is 4. The van der Waals surface area contributed by atoms with Crippen molar-refractivity contribution in [3.05, 3.63) is 22.8 Å². The van der Waals surface area contributed by atoms with Crippen LogP contribution in [0.5, 0.6) is 11.5 Å². The lowest BCUT2D eigenvalue weighted by molar-refractivity contribution is -0.249. The van der Waals surface area contributed by atoms with Crippen LogP contribution in [0.2, 0.25) is 0 Å². The minimum Gasteiger partial charge on any atom is -0.507 e. The molecule has 2 aliphatic heterocycles. The summed E-state index contributed by atoms with van der Waals surface area (Å²) in [6.45, 7) is 7.03. The highest BCUT2D eigenvalue weighted by Crippen LogP contribution is 2.52. The van der Waals surface area contributed by atoms with Gasteiger partial charge in [-0.15, -0.1) is 0 Å². The fourth-order valence-electron chi connectivity index (χ4n) is 5.52. The number of benzene rings is 1. The Hall–Kier alpha value is -1.46. The number of ether oxygens (including phenoxy) is 3. The molecule has 34 heavy (non-hydrogen) atoms. The van der Waals surface area contributed by atoms with Crippen molar-refractivity contribution in [3.63, 3.8) is 0 Å². The minimum atomic E-state index is -1.34. The first kappa shape index (κ1) is 27.1. The first-order valence-electron chi connectivity index (χ1n) is 12.2. The fraction of sp³-hybridized carbons (Fsp3) is 0.760. The molecule has 9 nitrogen and oxygen atoms in total. The van der Waals surface area contributed by atoms with Crippen LogP contribution in [0.1, 0.15) is 82.3 Å². The summed E-state index contributed by atoms with van der Waals surface area (Å²) < 4.78 is 17.0. The molecule has 0 amide bonds. The second-order valence-electron chi connectivity index (χ2n) is 9.83. The van der Waals surface area contributed by atoms with Crippen molar-refractivity contribution >= 4 is 0 Å². The van der Waals surface area contributed by atoms with Crippen molar-refractivity contribution in [1.82, 2.24) is 0 Å². The zero-order valence-corrected chi connectivity index (χ0v) is 20.6. The van der Waals surface area contributed by atoms with E-state index in [9.17, 15) is 30.6 Å².